The Bertz CT molecular complexity index is 1180. The molecule has 154 valence electrons. The van der Waals surface area contributed by atoms with E-state index in [1.807, 2.05) is 66.7 Å². The quantitative estimate of drug-likeness (QED) is 0.346. The molecule has 0 aliphatic heterocycles. The van der Waals surface area contributed by atoms with Crippen molar-refractivity contribution in [2.45, 2.75) is 0 Å². The van der Waals surface area contributed by atoms with E-state index >= 15 is 0 Å². The Morgan fingerprint density at radius 3 is 2.07 bits per heavy atom. The summed E-state index contributed by atoms with van der Waals surface area (Å²) in [5.41, 5.74) is 3.47. The molecule has 4 rings (SSSR count). The summed E-state index contributed by atoms with van der Waals surface area (Å²) in [7, 11) is 4.90. The Balaban J connectivity index is 0.00000256. The third kappa shape index (κ3) is 4.02. The van der Waals surface area contributed by atoms with Crippen LogP contribution in [0.4, 0.5) is 0 Å². The molecule has 0 bridgehead atoms. The van der Waals surface area contributed by atoms with Crippen LogP contribution in [-0.2, 0) is 0 Å². The summed E-state index contributed by atoms with van der Waals surface area (Å²) in [5, 5.41) is 2.56. The summed E-state index contributed by atoms with van der Waals surface area (Å²) in [6.45, 7) is 0. The SMILES string of the molecule is COc1ccc(-c2cc3cc(OC)c(OC)cc3c(-c3ccccc3Cl)n2)cc1.Cl. The van der Waals surface area contributed by atoms with Crippen LogP contribution in [-0.4, -0.2) is 26.3 Å². The van der Waals surface area contributed by atoms with Crippen LogP contribution in [0.5, 0.6) is 17.2 Å². The topological polar surface area (TPSA) is 40.6 Å². The lowest BCUT2D eigenvalue weighted by molar-refractivity contribution is 0.356. The molecule has 0 fully saturated rings. The van der Waals surface area contributed by atoms with E-state index in [-0.39, 0.29) is 12.4 Å². The van der Waals surface area contributed by atoms with Gasteiger partial charge in [-0.15, -0.1) is 12.4 Å². The van der Waals surface area contributed by atoms with Gasteiger partial charge in [0.1, 0.15) is 5.75 Å². The summed E-state index contributed by atoms with van der Waals surface area (Å²) in [6.07, 6.45) is 0. The van der Waals surface area contributed by atoms with Crippen molar-refractivity contribution >= 4 is 34.8 Å². The number of aromatic nitrogens is 1. The van der Waals surface area contributed by atoms with Gasteiger partial charge in [-0.05, 0) is 53.9 Å². The van der Waals surface area contributed by atoms with Crippen LogP contribution in [0.2, 0.25) is 5.02 Å². The maximum atomic E-state index is 6.52. The highest BCUT2D eigenvalue weighted by Crippen LogP contribution is 2.40. The zero-order valence-electron chi connectivity index (χ0n) is 16.8. The van der Waals surface area contributed by atoms with E-state index in [1.165, 1.54) is 0 Å². The number of pyridine rings is 1. The molecule has 0 spiro atoms. The van der Waals surface area contributed by atoms with Gasteiger partial charge < -0.3 is 14.2 Å². The highest BCUT2D eigenvalue weighted by molar-refractivity contribution is 6.33. The van der Waals surface area contributed by atoms with Crippen molar-refractivity contribution in [3.63, 3.8) is 0 Å². The molecule has 0 aliphatic carbocycles. The van der Waals surface area contributed by atoms with Crippen molar-refractivity contribution in [3.8, 4) is 39.8 Å². The standard InChI is InChI=1S/C24H20ClNO3.ClH/c1-27-17-10-8-15(9-11-17)21-12-16-13-22(28-2)23(29-3)14-19(16)24(26-21)18-6-4-5-7-20(18)25;/h4-14H,1-3H3;1H. The van der Waals surface area contributed by atoms with E-state index in [2.05, 4.69) is 0 Å². The van der Waals surface area contributed by atoms with Crippen LogP contribution in [0.1, 0.15) is 0 Å². The lowest BCUT2D eigenvalue weighted by atomic mass is 10.00. The van der Waals surface area contributed by atoms with Crippen LogP contribution >= 0.6 is 24.0 Å². The Kier molecular flexibility index (Phi) is 6.70. The van der Waals surface area contributed by atoms with Gasteiger partial charge in [0.05, 0.1) is 32.7 Å². The molecule has 0 atom stereocenters. The molecule has 0 saturated heterocycles. The molecule has 1 aromatic heterocycles. The van der Waals surface area contributed by atoms with Crippen LogP contribution in [0.25, 0.3) is 33.3 Å². The summed E-state index contributed by atoms with van der Waals surface area (Å²) < 4.78 is 16.3. The van der Waals surface area contributed by atoms with Gasteiger partial charge in [-0.3, -0.25) is 0 Å². The van der Waals surface area contributed by atoms with Crippen molar-refractivity contribution in [2.75, 3.05) is 21.3 Å². The van der Waals surface area contributed by atoms with E-state index in [4.69, 9.17) is 30.8 Å². The molecule has 30 heavy (non-hydrogen) atoms. The number of halogens is 2. The molecule has 4 aromatic rings. The highest BCUT2D eigenvalue weighted by atomic mass is 35.5. The van der Waals surface area contributed by atoms with Crippen molar-refractivity contribution in [2.24, 2.45) is 0 Å². The van der Waals surface area contributed by atoms with Gasteiger partial charge in [0.25, 0.3) is 0 Å². The first-order valence-electron chi connectivity index (χ1n) is 9.10. The zero-order chi connectivity index (χ0) is 20.4. The van der Waals surface area contributed by atoms with E-state index < -0.39 is 0 Å². The maximum Gasteiger partial charge on any atom is 0.161 e. The Morgan fingerprint density at radius 1 is 0.767 bits per heavy atom. The fourth-order valence-corrected chi connectivity index (χ4v) is 3.57. The third-order valence-electron chi connectivity index (χ3n) is 4.85. The fraction of sp³-hybridized carbons (Fsp3) is 0.125. The second-order valence-electron chi connectivity index (χ2n) is 6.49. The summed E-state index contributed by atoms with van der Waals surface area (Å²) in [4.78, 5) is 4.97. The predicted octanol–water partition coefficient (Wildman–Crippen LogP) is 6.67. The summed E-state index contributed by atoms with van der Waals surface area (Å²) in [5.74, 6) is 2.11. The number of nitrogens with zero attached hydrogens (tertiary/aromatic N) is 1. The normalized spacial score (nSPS) is 10.4. The van der Waals surface area contributed by atoms with Crippen LogP contribution in [0, 0.1) is 0 Å². The van der Waals surface area contributed by atoms with E-state index in [9.17, 15) is 0 Å². The molecule has 0 aliphatic rings. The first kappa shape index (κ1) is 21.8. The van der Waals surface area contributed by atoms with Gasteiger partial charge in [0, 0.05) is 21.5 Å². The smallest absolute Gasteiger partial charge is 0.161 e. The largest absolute Gasteiger partial charge is 0.497 e. The lowest BCUT2D eigenvalue weighted by Gasteiger charge is -2.14. The zero-order valence-corrected chi connectivity index (χ0v) is 18.4. The van der Waals surface area contributed by atoms with Crippen molar-refractivity contribution < 1.29 is 14.2 Å². The Labute approximate surface area is 186 Å². The summed E-state index contributed by atoms with van der Waals surface area (Å²) in [6, 6.07) is 21.5. The minimum atomic E-state index is 0. The predicted molar refractivity (Wildman–Crippen MR) is 125 cm³/mol. The van der Waals surface area contributed by atoms with E-state index in [0.29, 0.717) is 16.5 Å². The second kappa shape index (κ2) is 9.24. The number of methoxy groups -OCH3 is 3. The van der Waals surface area contributed by atoms with Gasteiger partial charge in [-0.25, -0.2) is 4.98 Å². The molecule has 0 amide bonds. The first-order chi connectivity index (χ1) is 14.1. The molecule has 0 saturated carbocycles. The van der Waals surface area contributed by atoms with Crippen molar-refractivity contribution in [1.29, 1.82) is 0 Å². The third-order valence-corrected chi connectivity index (χ3v) is 5.18. The van der Waals surface area contributed by atoms with Crippen LogP contribution in [0.3, 0.4) is 0 Å². The fourth-order valence-electron chi connectivity index (χ4n) is 3.35. The summed E-state index contributed by atoms with van der Waals surface area (Å²) >= 11 is 6.52. The monoisotopic (exact) mass is 441 g/mol. The molecular weight excluding hydrogens is 421 g/mol. The van der Waals surface area contributed by atoms with Crippen molar-refractivity contribution in [3.05, 3.63) is 71.8 Å². The minimum Gasteiger partial charge on any atom is -0.497 e. The number of benzene rings is 3. The molecular formula is C24H21Cl2NO3. The van der Waals surface area contributed by atoms with Crippen molar-refractivity contribution in [1.82, 2.24) is 4.98 Å². The molecule has 0 unspecified atom stereocenters. The number of fused-ring (bicyclic) bond motifs is 1. The Hall–Kier alpha value is -2.95. The van der Waals surface area contributed by atoms with Gasteiger partial charge in [0.2, 0.25) is 0 Å². The highest BCUT2D eigenvalue weighted by Gasteiger charge is 2.16. The molecule has 4 nitrogen and oxygen atoms in total. The maximum absolute atomic E-state index is 6.52. The van der Waals surface area contributed by atoms with E-state index in [1.54, 1.807) is 21.3 Å². The molecule has 1 heterocycles. The number of hydrogen-bond acceptors (Lipinski definition) is 4. The van der Waals surface area contributed by atoms with Gasteiger partial charge in [-0.2, -0.15) is 0 Å². The molecule has 0 radical (unpaired) electrons. The lowest BCUT2D eigenvalue weighted by Crippen LogP contribution is -1.95. The van der Waals surface area contributed by atoms with Gasteiger partial charge >= 0.3 is 0 Å². The Morgan fingerprint density at radius 2 is 1.43 bits per heavy atom. The number of ether oxygens (including phenoxy) is 3. The van der Waals surface area contributed by atoms with E-state index in [0.717, 1.165) is 39.0 Å². The van der Waals surface area contributed by atoms with Gasteiger partial charge in [0.15, 0.2) is 11.5 Å². The average Bonchev–Trinajstić information content (AvgIpc) is 2.77. The first-order valence-corrected chi connectivity index (χ1v) is 9.48. The second-order valence-corrected chi connectivity index (χ2v) is 6.90. The number of hydrogen-bond donors (Lipinski definition) is 0. The van der Waals surface area contributed by atoms with Crippen LogP contribution < -0.4 is 14.2 Å². The minimum absolute atomic E-state index is 0. The molecule has 3 aromatic carbocycles. The van der Waals surface area contributed by atoms with Crippen LogP contribution in [0.15, 0.2) is 66.7 Å². The molecule has 6 heteroatoms. The average molecular weight is 442 g/mol. The number of rotatable bonds is 5. The van der Waals surface area contributed by atoms with Gasteiger partial charge in [-0.1, -0.05) is 29.8 Å². The molecule has 0 N–H and O–H groups in total.